The van der Waals surface area contributed by atoms with Crippen molar-refractivity contribution in [2.24, 2.45) is 23.7 Å². The van der Waals surface area contributed by atoms with Crippen molar-refractivity contribution in [2.75, 3.05) is 0 Å². The van der Waals surface area contributed by atoms with Gasteiger partial charge in [0.1, 0.15) is 11.9 Å². The van der Waals surface area contributed by atoms with Crippen molar-refractivity contribution in [2.45, 2.75) is 76.4 Å². The highest BCUT2D eigenvalue weighted by Gasteiger charge is 2.48. The third-order valence-corrected chi connectivity index (χ3v) is 6.01. The summed E-state index contributed by atoms with van der Waals surface area (Å²) in [4.78, 5) is 11.6. The van der Waals surface area contributed by atoms with Crippen molar-refractivity contribution in [3.63, 3.8) is 0 Å². The molecule has 0 saturated heterocycles. The Bertz CT molecular complexity index is 453. The van der Waals surface area contributed by atoms with Gasteiger partial charge in [-0.1, -0.05) is 43.9 Å². The summed E-state index contributed by atoms with van der Waals surface area (Å²) in [6.07, 6.45) is 9.42. The van der Waals surface area contributed by atoms with Gasteiger partial charge >= 0.3 is 0 Å². The second-order valence-electron chi connectivity index (χ2n) is 7.45. The van der Waals surface area contributed by atoms with Crippen molar-refractivity contribution in [1.82, 2.24) is 0 Å². The number of aliphatic hydroxyl groups is 2. The first-order chi connectivity index (χ1) is 10.7. The zero-order valence-corrected chi connectivity index (χ0v) is 13.3. The van der Waals surface area contributed by atoms with Crippen LogP contribution in [0.4, 0.5) is 0 Å². The molecule has 22 heavy (non-hydrogen) atoms. The summed E-state index contributed by atoms with van der Waals surface area (Å²) < 4.78 is 0. The molecule has 3 aliphatic carbocycles. The number of carbonyl (C=O) groups is 1. The molecule has 3 nitrogen and oxygen atoms in total. The maximum Gasteiger partial charge on any atom is 0.136 e. The molecule has 3 aliphatic rings. The molecule has 0 aromatic heterocycles. The van der Waals surface area contributed by atoms with Crippen LogP contribution in [0.3, 0.4) is 0 Å². The van der Waals surface area contributed by atoms with E-state index in [9.17, 15) is 15.0 Å². The normalized spacial score (nSPS) is 37.8. The van der Waals surface area contributed by atoms with E-state index in [0.717, 1.165) is 19.3 Å². The van der Waals surface area contributed by atoms with Crippen LogP contribution >= 0.6 is 0 Å². The third kappa shape index (κ3) is 3.39. The average molecular weight is 304 g/mol. The molecule has 0 aromatic rings. The zero-order valence-electron chi connectivity index (χ0n) is 13.3. The van der Waals surface area contributed by atoms with Gasteiger partial charge in [0.15, 0.2) is 0 Å². The molecule has 5 atom stereocenters. The molecule has 3 saturated carbocycles. The molecular weight excluding hydrogens is 276 g/mol. The van der Waals surface area contributed by atoms with E-state index in [4.69, 9.17) is 0 Å². The van der Waals surface area contributed by atoms with Crippen LogP contribution in [0.2, 0.25) is 0 Å². The van der Waals surface area contributed by atoms with Gasteiger partial charge in [-0.15, -0.1) is 0 Å². The summed E-state index contributed by atoms with van der Waals surface area (Å²) in [5.74, 6) is 7.06. The maximum absolute atomic E-state index is 11.6. The molecule has 0 radical (unpaired) electrons. The number of ketones is 1. The van der Waals surface area contributed by atoms with Crippen LogP contribution in [0.1, 0.15) is 64.2 Å². The molecule has 3 fully saturated rings. The molecule has 0 heterocycles. The van der Waals surface area contributed by atoms with Crippen molar-refractivity contribution in [3.8, 4) is 11.8 Å². The molecule has 0 aromatic carbocycles. The number of rotatable bonds is 1. The predicted octanol–water partition coefficient (Wildman–Crippen LogP) is 2.69. The predicted molar refractivity (Wildman–Crippen MR) is 84.9 cm³/mol. The largest absolute Gasteiger partial charge is 0.392 e. The van der Waals surface area contributed by atoms with Gasteiger partial charge in [0.25, 0.3) is 0 Å². The van der Waals surface area contributed by atoms with E-state index < -0.39 is 12.2 Å². The molecular formula is C19H28O3. The lowest BCUT2D eigenvalue weighted by atomic mass is 9.59. The van der Waals surface area contributed by atoms with E-state index in [1.165, 1.54) is 32.1 Å². The van der Waals surface area contributed by atoms with Crippen LogP contribution in [-0.2, 0) is 4.79 Å². The fraction of sp³-hybridized carbons (Fsp3) is 0.842. The van der Waals surface area contributed by atoms with Crippen molar-refractivity contribution in [3.05, 3.63) is 0 Å². The van der Waals surface area contributed by atoms with Crippen molar-refractivity contribution in [1.29, 1.82) is 0 Å². The number of hydrogen-bond donors (Lipinski definition) is 2. The Labute approximate surface area is 133 Å². The maximum atomic E-state index is 11.6. The Morgan fingerprint density at radius 2 is 1.68 bits per heavy atom. The lowest BCUT2D eigenvalue weighted by Crippen LogP contribution is -2.49. The van der Waals surface area contributed by atoms with E-state index >= 15 is 0 Å². The van der Waals surface area contributed by atoms with Crippen LogP contribution < -0.4 is 0 Å². The standard InChI is InChI=1S/C19H28O3/c20-17(13-6-4-2-1-3-5-7-13)10-8-14-16-12-19(22)15(16)9-11-18(14)21/h13-18,20-21H,1-7,9,11-12H2/t14-,15+,16-,17-,18-/m1/s1. The van der Waals surface area contributed by atoms with E-state index in [2.05, 4.69) is 11.8 Å². The Balaban J connectivity index is 1.61. The molecule has 2 N–H and O–H groups in total. The summed E-state index contributed by atoms with van der Waals surface area (Å²) >= 11 is 0. The van der Waals surface area contributed by atoms with Gasteiger partial charge in [0.2, 0.25) is 0 Å². The Hall–Kier alpha value is -0.850. The minimum Gasteiger partial charge on any atom is -0.392 e. The highest BCUT2D eigenvalue weighted by molar-refractivity contribution is 5.87. The molecule has 3 rings (SSSR count). The molecule has 0 unspecified atom stereocenters. The number of Topliss-reactive ketones (excluding diaryl/α,β-unsaturated/α-hetero) is 1. The monoisotopic (exact) mass is 304 g/mol. The van der Waals surface area contributed by atoms with Gasteiger partial charge in [-0.2, -0.15) is 0 Å². The van der Waals surface area contributed by atoms with Crippen LogP contribution in [0.5, 0.6) is 0 Å². The fourth-order valence-corrected chi connectivity index (χ4v) is 4.48. The molecule has 0 bridgehead atoms. The minimum atomic E-state index is -0.568. The van der Waals surface area contributed by atoms with Crippen molar-refractivity contribution >= 4 is 5.78 Å². The molecule has 0 aliphatic heterocycles. The zero-order chi connectivity index (χ0) is 15.5. The van der Waals surface area contributed by atoms with Gasteiger partial charge in [-0.25, -0.2) is 0 Å². The molecule has 0 spiro atoms. The summed E-state index contributed by atoms with van der Waals surface area (Å²) in [5.41, 5.74) is 0. The first-order valence-corrected chi connectivity index (χ1v) is 9.06. The van der Waals surface area contributed by atoms with Crippen LogP contribution in [0.25, 0.3) is 0 Å². The van der Waals surface area contributed by atoms with Crippen LogP contribution in [0, 0.1) is 35.5 Å². The van der Waals surface area contributed by atoms with Crippen LogP contribution in [0.15, 0.2) is 0 Å². The summed E-state index contributed by atoms with van der Waals surface area (Å²) in [6.45, 7) is 0. The first kappa shape index (κ1) is 16.0. The minimum absolute atomic E-state index is 0.111. The van der Waals surface area contributed by atoms with Gasteiger partial charge in [-0.05, 0) is 37.5 Å². The Kier molecular flexibility index (Phi) is 5.21. The van der Waals surface area contributed by atoms with Crippen LogP contribution in [-0.4, -0.2) is 28.2 Å². The second-order valence-corrected chi connectivity index (χ2v) is 7.45. The number of carbonyl (C=O) groups excluding carboxylic acids is 1. The lowest BCUT2D eigenvalue weighted by Gasteiger charge is -2.44. The van der Waals surface area contributed by atoms with E-state index in [0.29, 0.717) is 18.6 Å². The fourth-order valence-electron chi connectivity index (χ4n) is 4.48. The highest BCUT2D eigenvalue weighted by atomic mass is 16.3. The molecule has 0 amide bonds. The SMILES string of the molecule is O=C1C[C@@H]2[C@@H](C#C[C@@H](O)C3CCCCCCC3)[C@H](O)CC[C@H]12. The highest BCUT2D eigenvalue weighted by Crippen LogP contribution is 2.45. The second kappa shape index (κ2) is 7.15. The Morgan fingerprint density at radius 3 is 2.36 bits per heavy atom. The summed E-state index contributed by atoms with van der Waals surface area (Å²) in [5, 5.41) is 20.6. The summed E-state index contributed by atoms with van der Waals surface area (Å²) in [7, 11) is 0. The Morgan fingerprint density at radius 1 is 1.00 bits per heavy atom. The van der Waals surface area contributed by atoms with E-state index in [1.807, 2.05) is 0 Å². The lowest BCUT2D eigenvalue weighted by molar-refractivity contribution is -0.141. The quantitative estimate of drug-likeness (QED) is 0.732. The molecule has 122 valence electrons. The smallest absolute Gasteiger partial charge is 0.136 e. The van der Waals surface area contributed by atoms with Gasteiger partial charge in [0, 0.05) is 12.3 Å². The van der Waals surface area contributed by atoms with Gasteiger partial charge < -0.3 is 10.2 Å². The van der Waals surface area contributed by atoms with Crippen molar-refractivity contribution < 1.29 is 15.0 Å². The third-order valence-electron chi connectivity index (χ3n) is 6.01. The van der Waals surface area contributed by atoms with Gasteiger partial charge in [-0.3, -0.25) is 4.79 Å². The number of aliphatic hydroxyl groups excluding tert-OH is 2. The average Bonchev–Trinajstić information content (AvgIpc) is 2.45. The number of hydrogen-bond acceptors (Lipinski definition) is 3. The van der Waals surface area contributed by atoms with E-state index in [-0.39, 0.29) is 23.7 Å². The van der Waals surface area contributed by atoms with E-state index in [1.54, 1.807) is 0 Å². The number of fused-ring (bicyclic) bond motifs is 1. The summed E-state index contributed by atoms with van der Waals surface area (Å²) in [6, 6.07) is 0. The first-order valence-electron chi connectivity index (χ1n) is 9.06. The van der Waals surface area contributed by atoms with Gasteiger partial charge in [0.05, 0.1) is 12.0 Å². The molecule has 3 heteroatoms. The topological polar surface area (TPSA) is 57.5 Å².